The zero-order chi connectivity index (χ0) is 18.2. The SMILES string of the molecule is C=CCN(c1ccccc1)[C@H](C(=O)NC1CCCCC1)c1ccccc1. The van der Waals surface area contributed by atoms with Crippen LogP contribution in [-0.4, -0.2) is 18.5 Å². The second kappa shape index (κ2) is 9.23. The number of hydrogen-bond acceptors (Lipinski definition) is 2. The van der Waals surface area contributed by atoms with Crippen molar-refractivity contribution in [3.05, 3.63) is 78.9 Å². The minimum absolute atomic E-state index is 0.0776. The summed E-state index contributed by atoms with van der Waals surface area (Å²) in [7, 11) is 0. The number of benzene rings is 2. The fourth-order valence-electron chi connectivity index (χ4n) is 3.75. The molecule has 136 valence electrons. The van der Waals surface area contributed by atoms with Crippen molar-refractivity contribution in [2.24, 2.45) is 0 Å². The highest BCUT2D eigenvalue weighted by Crippen LogP contribution is 2.28. The van der Waals surface area contributed by atoms with Gasteiger partial charge in [0.05, 0.1) is 0 Å². The molecule has 0 aromatic heterocycles. The van der Waals surface area contributed by atoms with Gasteiger partial charge in [0.15, 0.2) is 0 Å². The lowest BCUT2D eigenvalue weighted by Gasteiger charge is -2.34. The molecule has 0 saturated heterocycles. The molecular formula is C23H28N2O. The first kappa shape index (κ1) is 18.2. The maximum Gasteiger partial charge on any atom is 0.247 e. The van der Waals surface area contributed by atoms with Gasteiger partial charge in [-0.25, -0.2) is 0 Å². The molecule has 0 aliphatic heterocycles. The highest BCUT2D eigenvalue weighted by molar-refractivity contribution is 5.87. The molecule has 2 aromatic carbocycles. The van der Waals surface area contributed by atoms with Crippen molar-refractivity contribution in [1.82, 2.24) is 5.32 Å². The van der Waals surface area contributed by atoms with Gasteiger partial charge in [0.2, 0.25) is 5.91 Å². The topological polar surface area (TPSA) is 32.3 Å². The maximum absolute atomic E-state index is 13.3. The summed E-state index contributed by atoms with van der Waals surface area (Å²) in [4.78, 5) is 15.4. The van der Waals surface area contributed by atoms with Crippen molar-refractivity contribution >= 4 is 11.6 Å². The molecule has 1 amide bonds. The zero-order valence-corrected chi connectivity index (χ0v) is 15.3. The summed E-state index contributed by atoms with van der Waals surface area (Å²) in [5.41, 5.74) is 2.03. The lowest BCUT2D eigenvalue weighted by Crippen LogP contribution is -2.45. The third kappa shape index (κ3) is 4.54. The summed E-state index contributed by atoms with van der Waals surface area (Å²) in [6.07, 6.45) is 7.71. The van der Waals surface area contributed by atoms with Gasteiger partial charge in [0, 0.05) is 18.3 Å². The average Bonchev–Trinajstić information content (AvgIpc) is 2.70. The number of hydrogen-bond donors (Lipinski definition) is 1. The van der Waals surface area contributed by atoms with E-state index in [4.69, 9.17) is 0 Å². The van der Waals surface area contributed by atoms with Crippen molar-refractivity contribution in [2.75, 3.05) is 11.4 Å². The Morgan fingerprint density at radius 3 is 2.27 bits per heavy atom. The number of nitrogens with zero attached hydrogens (tertiary/aromatic N) is 1. The standard InChI is InChI=1S/C23H28N2O/c1-2-18-25(21-16-10-5-11-17-21)22(19-12-6-3-7-13-19)23(26)24-20-14-8-4-9-15-20/h2-3,5-7,10-13,16-17,20,22H,1,4,8-9,14-15,18H2,(H,24,26)/t22-/m0/s1. The molecule has 0 unspecified atom stereocenters. The molecule has 2 aromatic rings. The van der Waals surface area contributed by atoms with Crippen LogP contribution in [0.5, 0.6) is 0 Å². The maximum atomic E-state index is 13.3. The molecule has 1 fully saturated rings. The van der Waals surface area contributed by atoms with Crippen LogP contribution >= 0.6 is 0 Å². The summed E-state index contributed by atoms with van der Waals surface area (Å²) in [5, 5.41) is 3.31. The third-order valence-corrected chi connectivity index (χ3v) is 5.04. The number of carbonyl (C=O) groups is 1. The Bertz CT molecular complexity index is 693. The van der Waals surface area contributed by atoms with Crippen molar-refractivity contribution in [1.29, 1.82) is 0 Å². The number of nitrogens with one attached hydrogen (secondary N) is 1. The Balaban J connectivity index is 1.91. The Labute approximate surface area is 156 Å². The Hall–Kier alpha value is -2.55. The molecule has 0 heterocycles. The van der Waals surface area contributed by atoms with Gasteiger partial charge in [-0.15, -0.1) is 6.58 Å². The zero-order valence-electron chi connectivity index (χ0n) is 15.3. The molecule has 3 rings (SSSR count). The van der Waals surface area contributed by atoms with Crippen molar-refractivity contribution in [3.8, 4) is 0 Å². The molecule has 1 aliphatic carbocycles. The highest BCUT2D eigenvalue weighted by atomic mass is 16.2. The highest BCUT2D eigenvalue weighted by Gasteiger charge is 2.29. The number of para-hydroxylation sites is 1. The van der Waals surface area contributed by atoms with Gasteiger partial charge in [-0.05, 0) is 30.5 Å². The van der Waals surface area contributed by atoms with Gasteiger partial charge >= 0.3 is 0 Å². The average molecular weight is 348 g/mol. The first-order valence-corrected chi connectivity index (χ1v) is 9.57. The summed E-state index contributed by atoms with van der Waals surface area (Å²) >= 11 is 0. The molecule has 3 nitrogen and oxygen atoms in total. The van der Waals surface area contributed by atoms with E-state index < -0.39 is 0 Å². The van der Waals surface area contributed by atoms with E-state index in [1.54, 1.807) is 0 Å². The van der Waals surface area contributed by atoms with Gasteiger partial charge < -0.3 is 10.2 Å². The van der Waals surface area contributed by atoms with E-state index in [-0.39, 0.29) is 11.9 Å². The molecule has 0 bridgehead atoms. The first-order chi connectivity index (χ1) is 12.8. The number of carbonyl (C=O) groups excluding carboxylic acids is 1. The predicted molar refractivity (Wildman–Crippen MR) is 108 cm³/mol. The molecule has 0 spiro atoms. The quantitative estimate of drug-likeness (QED) is 0.724. The van der Waals surface area contributed by atoms with E-state index in [9.17, 15) is 4.79 Å². The fraction of sp³-hybridized carbons (Fsp3) is 0.348. The second-order valence-electron chi connectivity index (χ2n) is 6.93. The Kier molecular flexibility index (Phi) is 6.48. The summed E-state index contributed by atoms with van der Waals surface area (Å²) in [6, 6.07) is 20.1. The molecule has 1 aliphatic rings. The van der Waals surface area contributed by atoms with Gasteiger partial charge in [0.25, 0.3) is 0 Å². The van der Waals surface area contributed by atoms with Crippen LogP contribution in [0.4, 0.5) is 5.69 Å². The van der Waals surface area contributed by atoms with Gasteiger partial charge in [0.1, 0.15) is 6.04 Å². The smallest absolute Gasteiger partial charge is 0.247 e. The van der Waals surface area contributed by atoms with Crippen molar-refractivity contribution in [3.63, 3.8) is 0 Å². The number of amides is 1. The van der Waals surface area contributed by atoms with E-state index >= 15 is 0 Å². The minimum atomic E-state index is -0.362. The number of rotatable bonds is 7. The van der Waals surface area contributed by atoms with E-state index in [0.29, 0.717) is 12.6 Å². The van der Waals surface area contributed by atoms with Crippen LogP contribution < -0.4 is 10.2 Å². The molecule has 26 heavy (non-hydrogen) atoms. The predicted octanol–water partition coefficient (Wildman–Crippen LogP) is 4.87. The van der Waals surface area contributed by atoms with Crippen molar-refractivity contribution in [2.45, 2.75) is 44.2 Å². The van der Waals surface area contributed by atoms with E-state index in [2.05, 4.69) is 16.8 Å². The Morgan fingerprint density at radius 2 is 1.65 bits per heavy atom. The number of anilines is 1. The van der Waals surface area contributed by atoms with Crippen LogP contribution in [0.3, 0.4) is 0 Å². The summed E-state index contributed by atoms with van der Waals surface area (Å²) < 4.78 is 0. The minimum Gasteiger partial charge on any atom is -0.352 e. The van der Waals surface area contributed by atoms with Gasteiger partial charge in [-0.3, -0.25) is 4.79 Å². The first-order valence-electron chi connectivity index (χ1n) is 9.57. The molecule has 3 heteroatoms. The van der Waals surface area contributed by atoms with Crippen LogP contribution in [0.15, 0.2) is 73.3 Å². The van der Waals surface area contributed by atoms with E-state index in [1.165, 1.54) is 19.3 Å². The molecule has 1 saturated carbocycles. The monoisotopic (exact) mass is 348 g/mol. The van der Waals surface area contributed by atoms with Crippen LogP contribution in [0.1, 0.15) is 43.7 Å². The summed E-state index contributed by atoms with van der Waals surface area (Å²) in [6.45, 7) is 4.52. The normalized spacial score (nSPS) is 15.8. The third-order valence-electron chi connectivity index (χ3n) is 5.04. The van der Waals surface area contributed by atoms with Crippen LogP contribution in [0.2, 0.25) is 0 Å². The second-order valence-corrected chi connectivity index (χ2v) is 6.93. The van der Waals surface area contributed by atoms with Crippen LogP contribution in [0.25, 0.3) is 0 Å². The molecule has 1 atom stereocenters. The lowest BCUT2D eigenvalue weighted by atomic mass is 9.94. The van der Waals surface area contributed by atoms with Crippen LogP contribution in [-0.2, 0) is 4.79 Å². The lowest BCUT2D eigenvalue weighted by molar-refractivity contribution is -0.123. The molecular weight excluding hydrogens is 320 g/mol. The van der Waals surface area contributed by atoms with E-state index in [0.717, 1.165) is 24.1 Å². The molecule has 0 radical (unpaired) electrons. The summed E-state index contributed by atoms with van der Waals surface area (Å²) in [5.74, 6) is 0.0776. The largest absolute Gasteiger partial charge is 0.352 e. The van der Waals surface area contributed by atoms with Crippen molar-refractivity contribution < 1.29 is 4.79 Å². The van der Waals surface area contributed by atoms with Gasteiger partial charge in [-0.1, -0.05) is 73.9 Å². The fourth-order valence-corrected chi connectivity index (χ4v) is 3.75. The van der Waals surface area contributed by atoms with Gasteiger partial charge in [-0.2, -0.15) is 0 Å². The Morgan fingerprint density at radius 1 is 1.04 bits per heavy atom. The molecule has 1 N–H and O–H groups in total. The van der Waals surface area contributed by atoms with Crippen LogP contribution in [0, 0.1) is 0 Å². The van der Waals surface area contributed by atoms with E-state index in [1.807, 2.05) is 66.7 Å².